The van der Waals surface area contributed by atoms with Crippen molar-refractivity contribution in [1.82, 2.24) is 9.97 Å². The van der Waals surface area contributed by atoms with Crippen molar-refractivity contribution in [2.24, 2.45) is 0 Å². The minimum atomic E-state index is 0.778. The van der Waals surface area contributed by atoms with E-state index >= 15 is 0 Å². The molecule has 4 nitrogen and oxygen atoms in total. The number of benzene rings is 2. The summed E-state index contributed by atoms with van der Waals surface area (Å²) in [5, 5.41) is 8.99. The summed E-state index contributed by atoms with van der Waals surface area (Å²) in [7, 11) is 0. The zero-order valence-electron chi connectivity index (χ0n) is 13.2. The van der Waals surface area contributed by atoms with E-state index < -0.39 is 0 Å². The predicted molar refractivity (Wildman–Crippen MR) is 100 cm³/mol. The summed E-state index contributed by atoms with van der Waals surface area (Å²) in [4.78, 5) is 9.21. The molecule has 0 saturated heterocycles. The van der Waals surface area contributed by atoms with E-state index in [1.807, 2.05) is 48.5 Å². The standard InChI is InChI=1S/C20H18N4/c1-3-7-17-15(5-1)9-11-19(23-17)21-13-14-22-20-12-10-16-6-2-4-8-18(16)24-20/h1-12H,13-14H2,(H,21,23)(H,22,24). The Hall–Kier alpha value is -3.14. The zero-order chi connectivity index (χ0) is 16.2. The van der Waals surface area contributed by atoms with Crippen LogP contribution in [0.1, 0.15) is 0 Å². The summed E-state index contributed by atoms with van der Waals surface area (Å²) in [5.41, 5.74) is 2.01. The van der Waals surface area contributed by atoms with Gasteiger partial charge in [0.1, 0.15) is 11.6 Å². The third-order valence-corrected chi connectivity index (χ3v) is 3.93. The number of hydrogen-bond acceptors (Lipinski definition) is 4. The number of nitrogens with one attached hydrogen (secondary N) is 2. The van der Waals surface area contributed by atoms with Gasteiger partial charge in [0, 0.05) is 23.9 Å². The van der Waals surface area contributed by atoms with Gasteiger partial charge in [-0.15, -0.1) is 0 Å². The highest BCUT2D eigenvalue weighted by Crippen LogP contribution is 2.15. The molecule has 0 aliphatic heterocycles. The molecule has 0 atom stereocenters. The number of aromatic nitrogens is 2. The minimum absolute atomic E-state index is 0.778. The molecule has 4 rings (SSSR count). The first-order chi connectivity index (χ1) is 11.9. The average Bonchev–Trinajstić information content (AvgIpc) is 2.65. The van der Waals surface area contributed by atoms with Crippen LogP contribution >= 0.6 is 0 Å². The van der Waals surface area contributed by atoms with Crippen molar-refractivity contribution in [2.45, 2.75) is 0 Å². The van der Waals surface area contributed by atoms with E-state index in [9.17, 15) is 0 Å². The number of para-hydroxylation sites is 2. The lowest BCUT2D eigenvalue weighted by atomic mass is 10.2. The van der Waals surface area contributed by atoms with E-state index in [1.165, 1.54) is 0 Å². The molecule has 2 aromatic carbocycles. The Morgan fingerprint density at radius 3 is 1.50 bits per heavy atom. The Morgan fingerprint density at radius 2 is 1.00 bits per heavy atom. The van der Waals surface area contributed by atoms with Gasteiger partial charge in [0.05, 0.1) is 11.0 Å². The smallest absolute Gasteiger partial charge is 0.126 e. The van der Waals surface area contributed by atoms with Crippen LogP contribution < -0.4 is 10.6 Å². The lowest BCUT2D eigenvalue weighted by molar-refractivity contribution is 1.05. The molecule has 2 aromatic heterocycles. The normalized spacial score (nSPS) is 10.8. The highest BCUT2D eigenvalue weighted by molar-refractivity contribution is 5.80. The van der Waals surface area contributed by atoms with Gasteiger partial charge in [-0.3, -0.25) is 0 Å². The molecule has 2 N–H and O–H groups in total. The molecule has 4 heteroatoms. The van der Waals surface area contributed by atoms with Crippen molar-refractivity contribution in [2.75, 3.05) is 23.7 Å². The largest absolute Gasteiger partial charge is 0.368 e. The van der Waals surface area contributed by atoms with Crippen LogP contribution in [0.4, 0.5) is 11.6 Å². The van der Waals surface area contributed by atoms with E-state index in [0.717, 1.165) is 46.5 Å². The van der Waals surface area contributed by atoms with Gasteiger partial charge in [-0.2, -0.15) is 0 Å². The highest BCUT2D eigenvalue weighted by Gasteiger charge is 1.99. The molecule has 0 aliphatic rings. The van der Waals surface area contributed by atoms with Crippen molar-refractivity contribution >= 4 is 33.4 Å². The van der Waals surface area contributed by atoms with Crippen LogP contribution in [0.15, 0.2) is 72.8 Å². The molecule has 24 heavy (non-hydrogen) atoms. The van der Waals surface area contributed by atoms with Crippen molar-refractivity contribution < 1.29 is 0 Å². The Labute approximate surface area is 140 Å². The summed E-state index contributed by atoms with van der Waals surface area (Å²) in [5.74, 6) is 1.78. The quantitative estimate of drug-likeness (QED) is 0.539. The third kappa shape index (κ3) is 3.13. The monoisotopic (exact) mass is 314 g/mol. The van der Waals surface area contributed by atoms with Crippen LogP contribution in [-0.4, -0.2) is 23.1 Å². The molecule has 0 spiro atoms. The lowest BCUT2D eigenvalue weighted by Gasteiger charge is -2.09. The molecule has 0 unspecified atom stereocenters. The van der Waals surface area contributed by atoms with Gasteiger partial charge in [-0.05, 0) is 36.4 Å². The van der Waals surface area contributed by atoms with Crippen LogP contribution in [0.2, 0.25) is 0 Å². The number of nitrogens with zero attached hydrogens (tertiary/aromatic N) is 2. The first kappa shape index (κ1) is 14.5. The molecule has 2 heterocycles. The summed E-state index contributed by atoms with van der Waals surface area (Å²) >= 11 is 0. The second kappa shape index (κ2) is 6.54. The number of rotatable bonds is 5. The van der Waals surface area contributed by atoms with Crippen molar-refractivity contribution in [3.8, 4) is 0 Å². The molecule has 0 radical (unpaired) electrons. The van der Waals surface area contributed by atoms with Gasteiger partial charge in [0.25, 0.3) is 0 Å². The summed E-state index contributed by atoms with van der Waals surface area (Å²) in [6.45, 7) is 1.56. The maximum atomic E-state index is 4.61. The molecule has 118 valence electrons. The lowest BCUT2D eigenvalue weighted by Crippen LogP contribution is -2.14. The molecule has 0 amide bonds. The molecule has 0 saturated carbocycles. The van der Waals surface area contributed by atoms with E-state index in [-0.39, 0.29) is 0 Å². The van der Waals surface area contributed by atoms with Crippen molar-refractivity contribution in [3.63, 3.8) is 0 Å². The number of fused-ring (bicyclic) bond motifs is 2. The van der Waals surface area contributed by atoms with E-state index in [4.69, 9.17) is 0 Å². The molecule has 0 bridgehead atoms. The zero-order valence-corrected chi connectivity index (χ0v) is 13.2. The van der Waals surface area contributed by atoms with Gasteiger partial charge in [-0.1, -0.05) is 36.4 Å². The average molecular weight is 314 g/mol. The summed E-state index contributed by atoms with van der Waals surface area (Å²) in [6.07, 6.45) is 0. The van der Waals surface area contributed by atoms with E-state index in [1.54, 1.807) is 0 Å². The van der Waals surface area contributed by atoms with Crippen LogP contribution in [0.5, 0.6) is 0 Å². The minimum Gasteiger partial charge on any atom is -0.368 e. The van der Waals surface area contributed by atoms with Crippen molar-refractivity contribution in [3.05, 3.63) is 72.8 Å². The number of pyridine rings is 2. The van der Waals surface area contributed by atoms with Crippen LogP contribution in [0, 0.1) is 0 Å². The third-order valence-electron chi connectivity index (χ3n) is 3.93. The molecule has 0 aliphatic carbocycles. The van der Waals surface area contributed by atoms with E-state index in [0.29, 0.717) is 0 Å². The van der Waals surface area contributed by atoms with Gasteiger partial charge < -0.3 is 10.6 Å². The topological polar surface area (TPSA) is 49.8 Å². The van der Waals surface area contributed by atoms with Crippen molar-refractivity contribution in [1.29, 1.82) is 0 Å². The Balaban J connectivity index is 1.36. The molecular weight excluding hydrogens is 296 g/mol. The summed E-state index contributed by atoms with van der Waals surface area (Å²) in [6, 6.07) is 24.4. The fourth-order valence-corrected chi connectivity index (χ4v) is 2.71. The number of anilines is 2. The molecule has 0 fully saturated rings. The first-order valence-electron chi connectivity index (χ1n) is 8.08. The fraction of sp³-hybridized carbons (Fsp3) is 0.100. The fourth-order valence-electron chi connectivity index (χ4n) is 2.71. The first-order valence-corrected chi connectivity index (χ1v) is 8.08. The Morgan fingerprint density at radius 1 is 0.542 bits per heavy atom. The van der Waals surface area contributed by atoms with Gasteiger partial charge in [-0.25, -0.2) is 9.97 Å². The Kier molecular flexibility index (Phi) is 3.94. The van der Waals surface area contributed by atoms with Crippen LogP contribution in [0.25, 0.3) is 21.8 Å². The molecular formula is C20H18N4. The Bertz CT molecular complexity index is 900. The number of hydrogen-bond donors (Lipinski definition) is 2. The summed E-state index contributed by atoms with van der Waals surface area (Å²) < 4.78 is 0. The maximum Gasteiger partial charge on any atom is 0.126 e. The van der Waals surface area contributed by atoms with Crippen LogP contribution in [-0.2, 0) is 0 Å². The molecule has 4 aromatic rings. The van der Waals surface area contributed by atoms with Gasteiger partial charge in [0.15, 0.2) is 0 Å². The van der Waals surface area contributed by atoms with Gasteiger partial charge >= 0.3 is 0 Å². The van der Waals surface area contributed by atoms with Gasteiger partial charge in [0.2, 0.25) is 0 Å². The predicted octanol–water partition coefficient (Wildman–Crippen LogP) is 4.31. The SMILES string of the molecule is c1ccc2nc(NCCNc3ccc4ccccc4n3)ccc2c1. The highest BCUT2D eigenvalue weighted by atomic mass is 15.0. The second-order valence-corrected chi connectivity index (χ2v) is 5.63. The van der Waals surface area contributed by atoms with E-state index in [2.05, 4.69) is 44.9 Å². The second-order valence-electron chi connectivity index (χ2n) is 5.63. The maximum absolute atomic E-state index is 4.61. The van der Waals surface area contributed by atoms with Crippen LogP contribution in [0.3, 0.4) is 0 Å².